The van der Waals surface area contributed by atoms with Gasteiger partial charge in [0.2, 0.25) is 10.0 Å². The Morgan fingerprint density at radius 3 is 2.42 bits per heavy atom. The van der Waals surface area contributed by atoms with Gasteiger partial charge in [-0.1, -0.05) is 11.6 Å². The summed E-state index contributed by atoms with van der Waals surface area (Å²) in [5.41, 5.74) is 3.75. The number of sulfonamides is 1. The summed E-state index contributed by atoms with van der Waals surface area (Å²) in [5.74, 6) is 0.458. The lowest BCUT2D eigenvalue weighted by Crippen LogP contribution is -2.26. The van der Waals surface area contributed by atoms with Crippen molar-refractivity contribution in [2.75, 3.05) is 13.7 Å². The number of fused-ring (bicyclic) bond motifs is 1. The number of nitrogens with one attached hydrogen (secondary N) is 1. The lowest BCUT2D eigenvalue weighted by Gasteiger charge is -2.19. The van der Waals surface area contributed by atoms with Crippen molar-refractivity contribution in [3.05, 3.63) is 34.9 Å². The number of rotatable bonds is 6. The number of hydrogen-bond acceptors (Lipinski definition) is 3. The first-order valence-electron chi connectivity index (χ1n) is 8.97. The third kappa shape index (κ3) is 4.01. The maximum atomic E-state index is 12.7. The Bertz CT molecular complexity index is 722. The van der Waals surface area contributed by atoms with E-state index in [9.17, 15) is 8.42 Å². The van der Waals surface area contributed by atoms with Crippen LogP contribution in [0, 0.1) is 0 Å². The molecular weight excluding hydrogens is 322 g/mol. The lowest BCUT2D eigenvalue weighted by atomic mass is 9.92. The Morgan fingerprint density at radius 2 is 1.75 bits per heavy atom. The van der Waals surface area contributed by atoms with Gasteiger partial charge < -0.3 is 4.74 Å². The zero-order chi connectivity index (χ0) is 17.0. The van der Waals surface area contributed by atoms with E-state index in [1.165, 1.54) is 31.1 Å². The van der Waals surface area contributed by atoms with Gasteiger partial charge in [0, 0.05) is 6.54 Å². The van der Waals surface area contributed by atoms with Gasteiger partial charge in [-0.25, -0.2) is 13.1 Å². The zero-order valence-corrected chi connectivity index (χ0v) is 15.3. The van der Waals surface area contributed by atoms with Crippen molar-refractivity contribution in [2.24, 2.45) is 0 Å². The molecule has 2 aliphatic rings. The SMILES string of the molecule is COc1cc2c(cc1S(=O)(=O)NCCC1=CCCCC1)CCCC2. The van der Waals surface area contributed by atoms with Crippen LogP contribution in [0.2, 0.25) is 0 Å². The molecule has 1 N–H and O–H groups in total. The topological polar surface area (TPSA) is 55.4 Å². The quantitative estimate of drug-likeness (QED) is 0.796. The summed E-state index contributed by atoms with van der Waals surface area (Å²) < 4.78 is 33.6. The number of allylic oxidation sites excluding steroid dienone is 1. The van der Waals surface area contributed by atoms with E-state index in [4.69, 9.17) is 4.74 Å². The highest BCUT2D eigenvalue weighted by Gasteiger charge is 2.23. The van der Waals surface area contributed by atoms with Crippen LogP contribution < -0.4 is 9.46 Å². The normalized spacial score (nSPS) is 18.0. The number of ether oxygens (including phenoxy) is 1. The van der Waals surface area contributed by atoms with Crippen LogP contribution in [0.3, 0.4) is 0 Å². The third-order valence-corrected chi connectivity index (χ3v) is 6.52. The summed E-state index contributed by atoms with van der Waals surface area (Å²) >= 11 is 0. The van der Waals surface area contributed by atoms with E-state index >= 15 is 0 Å². The fourth-order valence-electron chi connectivity index (χ4n) is 3.67. The summed E-state index contributed by atoms with van der Waals surface area (Å²) in [6.07, 6.45) is 12.0. The lowest BCUT2D eigenvalue weighted by molar-refractivity contribution is 0.401. The minimum Gasteiger partial charge on any atom is -0.495 e. The monoisotopic (exact) mass is 349 g/mol. The Hall–Kier alpha value is -1.33. The van der Waals surface area contributed by atoms with E-state index in [2.05, 4.69) is 10.8 Å². The van der Waals surface area contributed by atoms with Gasteiger partial charge in [-0.05, 0) is 81.0 Å². The van der Waals surface area contributed by atoms with E-state index in [1.807, 2.05) is 12.1 Å². The Morgan fingerprint density at radius 1 is 1.04 bits per heavy atom. The Labute approximate surface area is 145 Å². The molecule has 5 heteroatoms. The molecule has 4 nitrogen and oxygen atoms in total. The van der Waals surface area contributed by atoms with Crippen molar-refractivity contribution < 1.29 is 13.2 Å². The van der Waals surface area contributed by atoms with E-state index in [0.29, 0.717) is 12.3 Å². The van der Waals surface area contributed by atoms with Gasteiger partial charge in [0.05, 0.1) is 7.11 Å². The number of methoxy groups -OCH3 is 1. The highest BCUT2D eigenvalue weighted by Crippen LogP contribution is 2.32. The molecule has 0 unspecified atom stereocenters. The van der Waals surface area contributed by atoms with E-state index in [-0.39, 0.29) is 4.90 Å². The van der Waals surface area contributed by atoms with Crippen LogP contribution in [-0.4, -0.2) is 22.1 Å². The summed E-state index contributed by atoms with van der Waals surface area (Å²) in [6, 6.07) is 3.72. The van der Waals surface area contributed by atoms with Crippen molar-refractivity contribution in [3.63, 3.8) is 0 Å². The molecule has 1 aromatic carbocycles. The fourth-order valence-corrected chi connectivity index (χ4v) is 4.90. The van der Waals surface area contributed by atoms with Crippen molar-refractivity contribution in [2.45, 2.75) is 62.7 Å². The summed E-state index contributed by atoms with van der Waals surface area (Å²) in [6.45, 7) is 0.453. The average molecular weight is 349 g/mol. The van der Waals surface area contributed by atoms with Gasteiger partial charge in [0.1, 0.15) is 10.6 Å². The molecule has 0 heterocycles. The molecule has 0 aromatic heterocycles. The molecule has 0 fully saturated rings. The second-order valence-corrected chi connectivity index (χ2v) is 8.47. The van der Waals surface area contributed by atoms with Crippen molar-refractivity contribution in [3.8, 4) is 5.75 Å². The maximum Gasteiger partial charge on any atom is 0.244 e. The molecule has 0 radical (unpaired) electrons. The predicted molar refractivity (Wildman–Crippen MR) is 96.0 cm³/mol. The second-order valence-electron chi connectivity index (χ2n) is 6.73. The third-order valence-electron chi connectivity index (χ3n) is 5.04. The minimum absolute atomic E-state index is 0.281. The number of benzene rings is 1. The van der Waals surface area contributed by atoms with E-state index in [0.717, 1.165) is 50.5 Å². The minimum atomic E-state index is -3.54. The number of aryl methyl sites for hydroxylation is 2. The van der Waals surface area contributed by atoms with Crippen molar-refractivity contribution >= 4 is 10.0 Å². The number of hydrogen-bond donors (Lipinski definition) is 1. The average Bonchev–Trinajstić information content (AvgIpc) is 2.61. The molecule has 0 amide bonds. The predicted octanol–water partition coefficient (Wildman–Crippen LogP) is 3.74. The highest BCUT2D eigenvalue weighted by molar-refractivity contribution is 7.89. The Balaban J connectivity index is 1.74. The summed E-state index contributed by atoms with van der Waals surface area (Å²) in [7, 11) is -2.00. The molecule has 2 aliphatic carbocycles. The first-order valence-corrected chi connectivity index (χ1v) is 10.5. The van der Waals surface area contributed by atoms with Crippen LogP contribution in [0.25, 0.3) is 0 Å². The molecular formula is C19H27NO3S. The van der Waals surface area contributed by atoms with E-state index < -0.39 is 10.0 Å². The summed E-state index contributed by atoms with van der Waals surface area (Å²) in [5, 5.41) is 0. The second kappa shape index (κ2) is 7.70. The molecule has 0 aliphatic heterocycles. The van der Waals surface area contributed by atoms with Gasteiger partial charge >= 0.3 is 0 Å². The molecule has 0 saturated carbocycles. The molecule has 24 heavy (non-hydrogen) atoms. The zero-order valence-electron chi connectivity index (χ0n) is 14.4. The summed E-state index contributed by atoms with van der Waals surface area (Å²) in [4.78, 5) is 0.281. The van der Waals surface area contributed by atoms with E-state index in [1.54, 1.807) is 0 Å². The molecule has 132 valence electrons. The van der Waals surface area contributed by atoms with Crippen LogP contribution in [0.15, 0.2) is 28.7 Å². The first-order chi connectivity index (χ1) is 11.6. The highest BCUT2D eigenvalue weighted by atomic mass is 32.2. The Kier molecular flexibility index (Phi) is 5.61. The van der Waals surface area contributed by atoms with Crippen LogP contribution in [0.5, 0.6) is 5.75 Å². The van der Waals surface area contributed by atoms with Gasteiger partial charge in [0.15, 0.2) is 0 Å². The molecule has 0 spiro atoms. The smallest absolute Gasteiger partial charge is 0.244 e. The van der Waals surface area contributed by atoms with Gasteiger partial charge in [-0.2, -0.15) is 0 Å². The van der Waals surface area contributed by atoms with Crippen LogP contribution in [-0.2, 0) is 22.9 Å². The maximum absolute atomic E-state index is 12.7. The van der Waals surface area contributed by atoms with Gasteiger partial charge in [-0.3, -0.25) is 0 Å². The van der Waals surface area contributed by atoms with Gasteiger partial charge in [-0.15, -0.1) is 0 Å². The van der Waals surface area contributed by atoms with Crippen LogP contribution in [0.4, 0.5) is 0 Å². The van der Waals surface area contributed by atoms with Crippen molar-refractivity contribution in [1.82, 2.24) is 4.72 Å². The standard InChI is InChI=1S/C19H27NO3S/c1-23-18-13-16-9-5-6-10-17(16)14-19(18)24(21,22)20-12-11-15-7-3-2-4-8-15/h7,13-14,20H,2-6,8-12H2,1H3. The van der Waals surface area contributed by atoms with Gasteiger partial charge in [0.25, 0.3) is 0 Å². The van der Waals surface area contributed by atoms with Crippen LogP contribution in [0.1, 0.15) is 56.1 Å². The molecule has 0 bridgehead atoms. The molecule has 3 rings (SSSR count). The largest absolute Gasteiger partial charge is 0.495 e. The van der Waals surface area contributed by atoms with Crippen molar-refractivity contribution in [1.29, 1.82) is 0 Å². The molecule has 1 aromatic rings. The van der Waals surface area contributed by atoms with Crippen LogP contribution >= 0.6 is 0 Å². The first kappa shape index (κ1) is 17.5. The molecule has 0 atom stereocenters. The fraction of sp³-hybridized carbons (Fsp3) is 0.579. The molecule has 0 saturated heterocycles.